The van der Waals surface area contributed by atoms with Crippen LogP contribution in [0.15, 0.2) is 0 Å². The van der Waals surface area contributed by atoms with Crippen molar-refractivity contribution in [2.45, 2.75) is 67.0 Å². The summed E-state index contributed by atoms with van der Waals surface area (Å²) in [4.78, 5) is 24.4. The number of alkyl carbamates (subject to hydrolysis) is 1. The van der Waals surface area contributed by atoms with Crippen molar-refractivity contribution >= 4 is 12.0 Å². The van der Waals surface area contributed by atoms with Crippen molar-refractivity contribution < 1.29 is 14.3 Å². The fourth-order valence-corrected chi connectivity index (χ4v) is 2.16. The Morgan fingerprint density at radius 3 is 2.25 bits per heavy atom. The van der Waals surface area contributed by atoms with Crippen molar-refractivity contribution in [3.8, 4) is 0 Å². The number of aryl methyl sites for hydroxylation is 2. The summed E-state index contributed by atoms with van der Waals surface area (Å²) in [5, 5.41) is 12.6. The van der Waals surface area contributed by atoms with Crippen molar-refractivity contribution in [2.75, 3.05) is 6.54 Å². The molecule has 1 aromatic heterocycles. The van der Waals surface area contributed by atoms with Gasteiger partial charge in [-0.3, -0.25) is 9.89 Å². The van der Waals surface area contributed by atoms with E-state index in [0.29, 0.717) is 13.0 Å². The Labute approximate surface area is 143 Å². The lowest BCUT2D eigenvalue weighted by Gasteiger charge is -2.28. The molecule has 3 N–H and O–H groups in total. The number of carbonyl (C=O) groups excluding carboxylic acids is 2. The number of ether oxygens (including phenoxy) is 1. The highest BCUT2D eigenvalue weighted by Gasteiger charge is 2.32. The third kappa shape index (κ3) is 5.54. The molecule has 0 aliphatic rings. The first kappa shape index (κ1) is 20.0. The van der Waals surface area contributed by atoms with Gasteiger partial charge in [-0.25, -0.2) is 4.79 Å². The topological polar surface area (TPSA) is 96.1 Å². The number of rotatable bonds is 6. The van der Waals surface area contributed by atoms with Crippen molar-refractivity contribution in [1.82, 2.24) is 20.8 Å². The Balaban J connectivity index is 2.62. The van der Waals surface area contributed by atoms with Crippen LogP contribution in [0.2, 0.25) is 0 Å². The average Bonchev–Trinajstić information content (AvgIpc) is 2.79. The molecule has 1 heterocycles. The summed E-state index contributed by atoms with van der Waals surface area (Å²) in [6, 6.07) is 0. The highest BCUT2D eigenvalue weighted by Crippen LogP contribution is 2.21. The lowest BCUT2D eigenvalue weighted by molar-refractivity contribution is -0.130. The van der Waals surface area contributed by atoms with E-state index in [1.165, 1.54) is 0 Å². The molecular weight excluding hydrogens is 308 g/mol. The van der Waals surface area contributed by atoms with Gasteiger partial charge in [-0.2, -0.15) is 5.10 Å². The van der Waals surface area contributed by atoms with Gasteiger partial charge in [0.2, 0.25) is 5.91 Å². The van der Waals surface area contributed by atoms with Crippen molar-refractivity contribution in [1.29, 1.82) is 0 Å². The molecule has 2 amide bonds. The van der Waals surface area contributed by atoms with Gasteiger partial charge < -0.3 is 15.4 Å². The minimum absolute atomic E-state index is 0.110. The molecule has 136 valence electrons. The van der Waals surface area contributed by atoms with E-state index in [0.717, 1.165) is 17.0 Å². The summed E-state index contributed by atoms with van der Waals surface area (Å²) in [7, 11) is 0. The summed E-state index contributed by atoms with van der Waals surface area (Å²) in [5.41, 5.74) is 1.53. The van der Waals surface area contributed by atoms with Crippen molar-refractivity contribution in [3.63, 3.8) is 0 Å². The number of nitrogens with one attached hydrogen (secondary N) is 3. The van der Waals surface area contributed by atoms with Crippen molar-refractivity contribution in [3.05, 3.63) is 17.0 Å². The predicted octanol–water partition coefficient (Wildman–Crippen LogP) is 2.58. The van der Waals surface area contributed by atoms with E-state index in [1.54, 1.807) is 20.8 Å². The van der Waals surface area contributed by atoms with E-state index in [1.807, 2.05) is 27.7 Å². The highest BCUT2D eigenvalue weighted by molar-refractivity contribution is 5.83. The summed E-state index contributed by atoms with van der Waals surface area (Å²) < 4.78 is 5.21. The van der Waals surface area contributed by atoms with Crippen molar-refractivity contribution in [2.24, 2.45) is 5.41 Å². The Morgan fingerprint density at radius 2 is 1.79 bits per heavy atom. The third-order valence-electron chi connectivity index (χ3n) is 4.06. The lowest BCUT2D eigenvalue weighted by atomic mass is 9.86. The molecule has 7 nitrogen and oxygen atoms in total. The van der Waals surface area contributed by atoms with Gasteiger partial charge in [-0.05, 0) is 48.0 Å². The fourth-order valence-electron chi connectivity index (χ4n) is 2.16. The maximum Gasteiger partial charge on any atom is 0.407 e. The van der Waals surface area contributed by atoms with Crippen LogP contribution >= 0.6 is 0 Å². The fraction of sp³-hybridized carbons (Fsp3) is 0.706. The summed E-state index contributed by atoms with van der Waals surface area (Å²) >= 11 is 0. The quantitative estimate of drug-likeness (QED) is 0.743. The second-order valence-corrected chi connectivity index (χ2v) is 7.36. The molecule has 0 spiro atoms. The second-order valence-electron chi connectivity index (χ2n) is 7.36. The molecule has 7 heteroatoms. The first-order valence-corrected chi connectivity index (χ1v) is 8.24. The number of hydrogen-bond acceptors (Lipinski definition) is 4. The number of aromatic amines is 1. The van der Waals surface area contributed by atoms with E-state index in [4.69, 9.17) is 4.74 Å². The number of hydrogen-bond donors (Lipinski definition) is 3. The summed E-state index contributed by atoms with van der Waals surface area (Å²) in [5.74, 6) is -0.110. The van der Waals surface area contributed by atoms with Gasteiger partial charge in [-0.15, -0.1) is 0 Å². The smallest absolute Gasteiger partial charge is 0.407 e. The molecule has 0 aliphatic carbocycles. The number of carbonyl (C=O) groups is 2. The van der Waals surface area contributed by atoms with E-state index in [2.05, 4.69) is 20.8 Å². The third-order valence-corrected chi connectivity index (χ3v) is 4.06. The largest absolute Gasteiger partial charge is 0.444 e. The zero-order valence-electron chi connectivity index (χ0n) is 15.8. The Hall–Kier alpha value is -2.05. The van der Waals surface area contributed by atoms with Crippen LogP contribution in [-0.2, 0) is 16.1 Å². The Morgan fingerprint density at radius 1 is 1.17 bits per heavy atom. The lowest BCUT2D eigenvalue weighted by Crippen LogP contribution is -2.47. The highest BCUT2D eigenvalue weighted by atomic mass is 16.6. The van der Waals surface area contributed by atoms with E-state index < -0.39 is 17.1 Å². The van der Waals surface area contributed by atoms with Crippen LogP contribution < -0.4 is 10.6 Å². The number of H-pyrrole nitrogens is 1. The average molecular weight is 338 g/mol. The molecule has 0 saturated carbocycles. The molecular formula is C17H30N4O3. The molecule has 0 radical (unpaired) electrons. The molecule has 1 unspecified atom stereocenters. The molecule has 1 atom stereocenters. The minimum Gasteiger partial charge on any atom is -0.444 e. The maximum absolute atomic E-state index is 12.6. The van der Waals surface area contributed by atoms with E-state index in [-0.39, 0.29) is 12.5 Å². The van der Waals surface area contributed by atoms with Crippen LogP contribution in [0.4, 0.5) is 4.79 Å². The normalized spacial score (nSPS) is 14.0. The van der Waals surface area contributed by atoms with Gasteiger partial charge >= 0.3 is 6.09 Å². The summed E-state index contributed by atoms with van der Waals surface area (Å²) in [6.45, 7) is 13.6. The first-order valence-electron chi connectivity index (χ1n) is 8.24. The SMILES string of the molecule is CCC(C)(CNC(=O)OC(C)(C)C)C(=O)NCc1c(C)n[nH]c1C. The Kier molecular flexibility index (Phi) is 6.40. The van der Waals surface area contributed by atoms with Gasteiger partial charge in [0.05, 0.1) is 11.1 Å². The van der Waals surface area contributed by atoms with Crippen LogP contribution in [0.3, 0.4) is 0 Å². The second kappa shape index (κ2) is 7.68. The maximum atomic E-state index is 12.6. The molecule has 0 aromatic carbocycles. The van der Waals surface area contributed by atoms with Crippen LogP contribution in [0.5, 0.6) is 0 Å². The monoisotopic (exact) mass is 338 g/mol. The predicted molar refractivity (Wildman–Crippen MR) is 92.5 cm³/mol. The van der Waals surface area contributed by atoms with Gasteiger partial charge in [0.1, 0.15) is 5.60 Å². The molecule has 0 fully saturated rings. The number of aromatic nitrogens is 2. The van der Waals surface area contributed by atoms with E-state index in [9.17, 15) is 9.59 Å². The zero-order chi connectivity index (χ0) is 18.5. The standard InChI is InChI=1S/C17H30N4O3/c1-8-17(7,10-19-15(23)24-16(4,5)6)14(22)18-9-13-11(2)20-21-12(13)3/h8-10H2,1-7H3,(H,18,22)(H,19,23)(H,20,21). The molecule has 1 rings (SSSR count). The van der Waals surface area contributed by atoms with E-state index >= 15 is 0 Å². The number of nitrogens with zero attached hydrogens (tertiary/aromatic N) is 1. The number of amides is 2. The minimum atomic E-state index is -0.706. The van der Waals surface area contributed by atoms with Crippen LogP contribution in [0, 0.1) is 19.3 Å². The van der Waals surface area contributed by atoms with Crippen LogP contribution in [-0.4, -0.2) is 34.3 Å². The molecule has 24 heavy (non-hydrogen) atoms. The zero-order valence-corrected chi connectivity index (χ0v) is 15.8. The van der Waals surface area contributed by atoms with Gasteiger partial charge in [0, 0.05) is 24.3 Å². The molecule has 0 aliphatic heterocycles. The Bertz CT molecular complexity index is 570. The van der Waals surface area contributed by atoms with Crippen LogP contribution in [0.25, 0.3) is 0 Å². The molecule has 0 saturated heterocycles. The molecule has 1 aromatic rings. The van der Waals surface area contributed by atoms with Crippen LogP contribution in [0.1, 0.15) is 58.0 Å². The first-order chi connectivity index (χ1) is 11.0. The molecule has 0 bridgehead atoms. The summed E-state index contributed by atoms with van der Waals surface area (Å²) in [6.07, 6.45) is 0.0781. The van der Waals surface area contributed by atoms with Gasteiger partial charge in [0.15, 0.2) is 0 Å². The van der Waals surface area contributed by atoms with Gasteiger partial charge in [-0.1, -0.05) is 6.92 Å². The van der Waals surface area contributed by atoms with Gasteiger partial charge in [0.25, 0.3) is 0 Å².